The largest absolute Gasteiger partial charge is 0.493 e. The molecule has 214 valence electrons. The van der Waals surface area contributed by atoms with Crippen molar-refractivity contribution in [3.63, 3.8) is 0 Å². The van der Waals surface area contributed by atoms with Crippen molar-refractivity contribution in [2.75, 3.05) is 32.6 Å². The molecule has 0 saturated heterocycles. The number of carbonyl (C=O) groups is 1. The lowest BCUT2D eigenvalue weighted by molar-refractivity contribution is 0.102. The summed E-state index contributed by atoms with van der Waals surface area (Å²) in [5.41, 5.74) is 5.72. The molecule has 0 spiro atoms. The number of methoxy groups -OCH3 is 2. The average molecular weight is 566 g/mol. The van der Waals surface area contributed by atoms with Gasteiger partial charge in [0.05, 0.1) is 30.8 Å². The number of halogens is 1. The van der Waals surface area contributed by atoms with Gasteiger partial charge in [0.25, 0.3) is 5.91 Å². The van der Waals surface area contributed by atoms with E-state index in [9.17, 15) is 14.0 Å². The number of fused-ring (bicyclic) bond motifs is 3. The molecule has 5 aromatic rings. The van der Waals surface area contributed by atoms with Crippen LogP contribution in [0.3, 0.4) is 0 Å². The Bertz CT molecular complexity index is 1900. The van der Waals surface area contributed by atoms with Gasteiger partial charge in [-0.2, -0.15) is 0 Å². The van der Waals surface area contributed by atoms with Gasteiger partial charge in [-0.15, -0.1) is 0 Å². The van der Waals surface area contributed by atoms with Gasteiger partial charge in [0, 0.05) is 36.1 Å². The third kappa shape index (κ3) is 5.10. The molecule has 2 heterocycles. The number of nitrogens with zero attached hydrogens (tertiary/aromatic N) is 1. The Balaban J connectivity index is 1.16. The van der Waals surface area contributed by atoms with Crippen LogP contribution in [0.1, 0.15) is 32.6 Å². The first-order valence-corrected chi connectivity index (χ1v) is 14.0. The van der Waals surface area contributed by atoms with Gasteiger partial charge in [0.15, 0.2) is 16.9 Å². The average Bonchev–Trinajstić information content (AvgIpc) is 3.00. The summed E-state index contributed by atoms with van der Waals surface area (Å²) >= 11 is 0. The number of hydrogen-bond acceptors (Lipinski definition) is 5. The van der Waals surface area contributed by atoms with Crippen LogP contribution in [0.4, 0.5) is 10.1 Å². The van der Waals surface area contributed by atoms with E-state index >= 15 is 0 Å². The van der Waals surface area contributed by atoms with Crippen LogP contribution in [0.25, 0.3) is 21.8 Å². The molecule has 0 bridgehead atoms. The van der Waals surface area contributed by atoms with Crippen LogP contribution in [-0.2, 0) is 19.4 Å². The molecule has 0 unspecified atom stereocenters. The topological polar surface area (TPSA) is 83.7 Å². The summed E-state index contributed by atoms with van der Waals surface area (Å²) < 4.78 is 25.4. The van der Waals surface area contributed by atoms with Crippen molar-refractivity contribution in [2.24, 2.45) is 0 Å². The second-order valence-electron chi connectivity index (χ2n) is 10.7. The summed E-state index contributed by atoms with van der Waals surface area (Å²) in [7, 11) is 3.32. The SMILES string of the molecule is COc1cc2c(cc1OC)CN(CCc1ccc(NC(=O)c3cccc4c(=O)c5cccc(F)c5[nH]c34)c(C)c1)CC2. The number of H-pyrrole nitrogens is 1. The quantitative estimate of drug-likeness (QED) is 0.237. The zero-order valence-corrected chi connectivity index (χ0v) is 23.8. The predicted octanol–water partition coefficient (Wildman–Crippen LogP) is 6.00. The first-order valence-electron chi connectivity index (χ1n) is 14.0. The van der Waals surface area contributed by atoms with E-state index < -0.39 is 5.82 Å². The smallest absolute Gasteiger partial charge is 0.257 e. The number of aromatic nitrogens is 1. The highest BCUT2D eigenvalue weighted by Gasteiger charge is 2.20. The maximum Gasteiger partial charge on any atom is 0.257 e. The first-order chi connectivity index (χ1) is 20.4. The molecule has 4 aromatic carbocycles. The number of pyridine rings is 1. The molecular formula is C34H32FN3O4. The third-order valence-corrected chi connectivity index (χ3v) is 8.11. The molecule has 0 atom stereocenters. The van der Waals surface area contributed by atoms with Crippen LogP contribution in [0, 0.1) is 12.7 Å². The Morgan fingerprint density at radius 2 is 1.67 bits per heavy atom. The van der Waals surface area contributed by atoms with Crippen LogP contribution in [0.2, 0.25) is 0 Å². The summed E-state index contributed by atoms with van der Waals surface area (Å²) in [6.45, 7) is 4.70. The molecule has 0 aliphatic carbocycles. The molecule has 1 aliphatic heterocycles. The van der Waals surface area contributed by atoms with Crippen LogP contribution < -0.4 is 20.2 Å². The minimum absolute atomic E-state index is 0.0897. The lowest BCUT2D eigenvalue weighted by Crippen LogP contribution is -2.32. The summed E-state index contributed by atoms with van der Waals surface area (Å²) in [6, 6.07) is 19.5. The Labute approximate surface area is 242 Å². The van der Waals surface area contributed by atoms with E-state index in [1.54, 1.807) is 38.5 Å². The molecule has 0 saturated carbocycles. The van der Waals surface area contributed by atoms with E-state index in [2.05, 4.69) is 33.4 Å². The summed E-state index contributed by atoms with van der Waals surface area (Å²) in [5, 5.41) is 3.57. The fourth-order valence-electron chi connectivity index (χ4n) is 5.81. The van der Waals surface area contributed by atoms with Crippen LogP contribution >= 0.6 is 0 Å². The number of anilines is 1. The Morgan fingerprint density at radius 1 is 0.952 bits per heavy atom. The van der Waals surface area contributed by atoms with Crippen molar-refractivity contribution < 1.29 is 18.7 Å². The normalized spacial score (nSPS) is 13.2. The van der Waals surface area contributed by atoms with E-state index in [1.807, 2.05) is 19.1 Å². The third-order valence-electron chi connectivity index (χ3n) is 8.11. The summed E-state index contributed by atoms with van der Waals surface area (Å²) in [6.07, 6.45) is 1.84. The molecule has 0 fully saturated rings. The molecule has 1 amide bonds. The zero-order valence-electron chi connectivity index (χ0n) is 23.8. The standard InChI is InChI=1S/C34H32FN3O4/c1-20-16-21(12-14-38-15-13-22-17-29(41-2)30(42-3)18-23(22)19-38)10-11-28(20)36-34(40)26-8-4-6-24-31(26)37-32-25(33(24)39)7-5-9-27(32)35/h4-11,16-18H,12-15,19H2,1-3H3,(H,36,40)(H,37,39). The lowest BCUT2D eigenvalue weighted by Gasteiger charge is -2.29. The molecule has 1 aromatic heterocycles. The van der Waals surface area contributed by atoms with E-state index in [1.165, 1.54) is 28.8 Å². The van der Waals surface area contributed by atoms with Crippen molar-refractivity contribution >= 4 is 33.4 Å². The number of hydrogen-bond donors (Lipinski definition) is 2. The molecule has 6 rings (SSSR count). The van der Waals surface area contributed by atoms with Gasteiger partial charge in [0.2, 0.25) is 0 Å². The van der Waals surface area contributed by atoms with Crippen LogP contribution in [0.5, 0.6) is 11.5 Å². The molecule has 1 aliphatic rings. The number of carbonyl (C=O) groups excluding carboxylic acids is 1. The fourth-order valence-corrected chi connectivity index (χ4v) is 5.81. The maximum absolute atomic E-state index is 14.5. The molecule has 0 radical (unpaired) electrons. The molecule has 42 heavy (non-hydrogen) atoms. The Kier molecular flexibility index (Phi) is 7.39. The summed E-state index contributed by atoms with van der Waals surface area (Å²) in [4.78, 5) is 31.8. The number of ether oxygens (including phenoxy) is 2. The minimum Gasteiger partial charge on any atom is -0.493 e. The fraction of sp³-hybridized carbons (Fsp3) is 0.235. The van der Waals surface area contributed by atoms with Crippen LogP contribution in [-0.4, -0.2) is 43.1 Å². The highest BCUT2D eigenvalue weighted by atomic mass is 19.1. The van der Waals surface area contributed by atoms with Crippen LogP contribution in [0.15, 0.2) is 71.5 Å². The van der Waals surface area contributed by atoms with E-state index in [0.29, 0.717) is 16.6 Å². The molecule has 7 nitrogen and oxygen atoms in total. The van der Waals surface area contributed by atoms with Gasteiger partial charge < -0.3 is 19.8 Å². The molecular weight excluding hydrogens is 533 g/mol. The molecule has 8 heteroatoms. The number of benzene rings is 4. The number of aromatic amines is 1. The second kappa shape index (κ2) is 11.3. The number of aryl methyl sites for hydroxylation is 1. The lowest BCUT2D eigenvalue weighted by atomic mass is 9.98. The number of para-hydroxylation sites is 2. The van der Waals surface area contributed by atoms with E-state index in [0.717, 1.165) is 49.5 Å². The highest BCUT2D eigenvalue weighted by molar-refractivity contribution is 6.13. The highest BCUT2D eigenvalue weighted by Crippen LogP contribution is 2.33. The summed E-state index contributed by atoms with van der Waals surface area (Å²) in [5.74, 6) is 0.605. The van der Waals surface area contributed by atoms with Crippen molar-refractivity contribution in [3.05, 3.63) is 111 Å². The first kappa shape index (κ1) is 27.5. The van der Waals surface area contributed by atoms with E-state index in [4.69, 9.17) is 9.47 Å². The van der Waals surface area contributed by atoms with Gasteiger partial charge in [-0.1, -0.05) is 24.3 Å². The molecule has 2 N–H and O–H groups in total. The second-order valence-corrected chi connectivity index (χ2v) is 10.7. The van der Waals surface area contributed by atoms with Gasteiger partial charge in [-0.25, -0.2) is 4.39 Å². The monoisotopic (exact) mass is 565 g/mol. The minimum atomic E-state index is -0.540. The van der Waals surface area contributed by atoms with Crippen molar-refractivity contribution in [1.29, 1.82) is 0 Å². The number of amides is 1. The Morgan fingerprint density at radius 3 is 2.40 bits per heavy atom. The predicted molar refractivity (Wildman–Crippen MR) is 163 cm³/mol. The van der Waals surface area contributed by atoms with Crippen molar-refractivity contribution in [3.8, 4) is 11.5 Å². The maximum atomic E-state index is 14.5. The van der Waals surface area contributed by atoms with Gasteiger partial charge in [-0.05, 0) is 84.5 Å². The van der Waals surface area contributed by atoms with E-state index in [-0.39, 0.29) is 27.8 Å². The van der Waals surface area contributed by atoms with Gasteiger partial charge >= 0.3 is 0 Å². The Hall–Kier alpha value is -4.69. The van der Waals surface area contributed by atoms with Gasteiger partial charge in [-0.3, -0.25) is 14.5 Å². The van der Waals surface area contributed by atoms with Crippen molar-refractivity contribution in [2.45, 2.75) is 26.3 Å². The number of rotatable bonds is 7. The number of nitrogens with one attached hydrogen (secondary N) is 2. The van der Waals surface area contributed by atoms with Gasteiger partial charge in [0.1, 0.15) is 5.82 Å². The zero-order chi connectivity index (χ0) is 29.4. The van der Waals surface area contributed by atoms with Crippen molar-refractivity contribution in [1.82, 2.24) is 9.88 Å².